The van der Waals surface area contributed by atoms with Gasteiger partial charge in [-0.05, 0) is 26.0 Å². The number of aliphatic imine (C=N–C) groups is 1. The highest BCUT2D eigenvalue weighted by molar-refractivity contribution is 7.11. The number of guanidine groups is 1. The minimum atomic E-state index is 0.481. The van der Waals surface area contributed by atoms with Gasteiger partial charge in [0.05, 0.1) is 5.01 Å². The molecule has 0 radical (unpaired) electrons. The molecule has 1 aliphatic rings. The van der Waals surface area contributed by atoms with Crippen LogP contribution < -0.4 is 10.6 Å². The van der Waals surface area contributed by atoms with E-state index in [4.69, 9.17) is 0 Å². The summed E-state index contributed by atoms with van der Waals surface area (Å²) < 4.78 is 0. The van der Waals surface area contributed by atoms with Gasteiger partial charge < -0.3 is 15.5 Å². The second kappa shape index (κ2) is 11.3. The van der Waals surface area contributed by atoms with Gasteiger partial charge in [0.25, 0.3) is 0 Å². The van der Waals surface area contributed by atoms with Gasteiger partial charge in [-0.3, -0.25) is 9.89 Å². The normalized spacial score (nSPS) is 18.7. The van der Waals surface area contributed by atoms with E-state index >= 15 is 0 Å². The van der Waals surface area contributed by atoms with Gasteiger partial charge in [0, 0.05) is 69.9 Å². The third-order valence-corrected chi connectivity index (χ3v) is 6.29. The molecule has 1 aliphatic heterocycles. The van der Waals surface area contributed by atoms with Gasteiger partial charge in [0.15, 0.2) is 5.96 Å². The number of rotatable bonds is 8. The van der Waals surface area contributed by atoms with Gasteiger partial charge in [-0.1, -0.05) is 30.3 Å². The van der Waals surface area contributed by atoms with E-state index in [-0.39, 0.29) is 0 Å². The second-order valence-corrected chi connectivity index (χ2v) is 8.94. The maximum atomic E-state index is 4.41. The van der Waals surface area contributed by atoms with Crippen molar-refractivity contribution in [2.45, 2.75) is 25.8 Å². The molecule has 158 valence electrons. The van der Waals surface area contributed by atoms with Crippen molar-refractivity contribution in [2.75, 3.05) is 53.4 Å². The van der Waals surface area contributed by atoms with Crippen LogP contribution in [-0.2, 0) is 6.42 Å². The molecule has 0 aliphatic carbocycles. The molecule has 0 saturated carbocycles. The first-order valence-corrected chi connectivity index (χ1v) is 11.3. The largest absolute Gasteiger partial charge is 0.356 e. The zero-order valence-corrected chi connectivity index (χ0v) is 18.7. The van der Waals surface area contributed by atoms with Crippen molar-refractivity contribution in [3.8, 4) is 0 Å². The number of benzene rings is 1. The summed E-state index contributed by atoms with van der Waals surface area (Å²) in [5.74, 6) is 0.872. The molecule has 3 rings (SSSR count). The van der Waals surface area contributed by atoms with Gasteiger partial charge >= 0.3 is 0 Å². The van der Waals surface area contributed by atoms with Gasteiger partial charge in [0.2, 0.25) is 0 Å². The maximum absolute atomic E-state index is 4.41. The van der Waals surface area contributed by atoms with E-state index in [0.717, 1.165) is 58.1 Å². The van der Waals surface area contributed by atoms with E-state index in [1.807, 2.05) is 13.2 Å². The van der Waals surface area contributed by atoms with Gasteiger partial charge in [-0.2, -0.15) is 0 Å². The second-order valence-electron chi connectivity index (χ2n) is 7.62. The first-order chi connectivity index (χ1) is 14.2. The molecule has 2 heterocycles. The van der Waals surface area contributed by atoms with Crippen LogP contribution in [0.15, 0.2) is 41.5 Å². The number of hydrogen-bond acceptors (Lipinski definition) is 5. The number of nitrogens with zero attached hydrogens (tertiary/aromatic N) is 4. The van der Waals surface area contributed by atoms with Crippen LogP contribution in [0, 0.1) is 6.92 Å². The van der Waals surface area contributed by atoms with Crippen LogP contribution in [0.1, 0.15) is 27.9 Å². The molecular weight excluding hydrogens is 380 g/mol. The van der Waals surface area contributed by atoms with E-state index in [9.17, 15) is 0 Å². The van der Waals surface area contributed by atoms with Crippen molar-refractivity contribution < 1.29 is 0 Å². The average Bonchev–Trinajstić information content (AvgIpc) is 3.16. The third-order valence-electron chi connectivity index (χ3n) is 5.32. The summed E-state index contributed by atoms with van der Waals surface area (Å²) in [6.45, 7) is 8.31. The Kier molecular flexibility index (Phi) is 8.46. The minimum absolute atomic E-state index is 0.481. The number of hydrogen-bond donors (Lipinski definition) is 2. The minimum Gasteiger partial charge on any atom is -0.356 e. The Bertz CT molecular complexity index is 760. The van der Waals surface area contributed by atoms with Crippen LogP contribution in [-0.4, -0.2) is 74.1 Å². The molecule has 2 aromatic rings. The lowest BCUT2D eigenvalue weighted by Gasteiger charge is -2.40. The Balaban J connectivity index is 1.39. The summed E-state index contributed by atoms with van der Waals surface area (Å²) in [6.07, 6.45) is 3.97. The van der Waals surface area contributed by atoms with Crippen LogP contribution in [0.3, 0.4) is 0 Å². The molecule has 1 fully saturated rings. The number of piperazine rings is 1. The molecule has 7 heteroatoms. The maximum Gasteiger partial charge on any atom is 0.190 e. The number of thiazole rings is 1. The van der Waals surface area contributed by atoms with Gasteiger partial charge in [0.1, 0.15) is 0 Å². The van der Waals surface area contributed by atoms with Crippen LogP contribution in [0.2, 0.25) is 0 Å². The lowest BCUT2D eigenvalue weighted by Crippen LogP contribution is -2.47. The van der Waals surface area contributed by atoms with Crippen molar-refractivity contribution in [2.24, 2.45) is 4.99 Å². The van der Waals surface area contributed by atoms with E-state index in [2.05, 4.69) is 74.7 Å². The highest BCUT2D eigenvalue weighted by Crippen LogP contribution is 2.24. The molecule has 6 nitrogen and oxygen atoms in total. The predicted octanol–water partition coefficient (Wildman–Crippen LogP) is 2.54. The summed E-state index contributed by atoms with van der Waals surface area (Å²) >= 11 is 1.76. The molecule has 1 unspecified atom stereocenters. The summed E-state index contributed by atoms with van der Waals surface area (Å²) in [5.41, 5.74) is 1.42. The number of likely N-dealkylation sites (N-methyl/N-ethyl adjacent to an activating group) is 1. The van der Waals surface area contributed by atoms with Gasteiger partial charge in [-0.25, -0.2) is 4.98 Å². The zero-order chi connectivity index (χ0) is 20.5. The molecular formula is C22H34N6S. The number of aryl methyl sites for hydroxylation is 1. The van der Waals surface area contributed by atoms with Crippen LogP contribution in [0.25, 0.3) is 0 Å². The van der Waals surface area contributed by atoms with Gasteiger partial charge in [-0.15, -0.1) is 11.3 Å². The quantitative estimate of drug-likeness (QED) is 0.395. The molecule has 0 spiro atoms. The predicted molar refractivity (Wildman–Crippen MR) is 123 cm³/mol. The highest BCUT2D eigenvalue weighted by Gasteiger charge is 2.25. The lowest BCUT2D eigenvalue weighted by atomic mass is 10.0. The first kappa shape index (κ1) is 21.7. The molecule has 1 aromatic heterocycles. The van der Waals surface area contributed by atoms with E-state index in [1.54, 1.807) is 11.3 Å². The molecule has 2 N–H and O–H groups in total. The van der Waals surface area contributed by atoms with Crippen molar-refractivity contribution in [3.05, 3.63) is 52.0 Å². The number of aromatic nitrogens is 1. The van der Waals surface area contributed by atoms with E-state index in [0.29, 0.717) is 6.04 Å². The monoisotopic (exact) mass is 414 g/mol. The number of nitrogens with one attached hydrogen (secondary N) is 2. The molecule has 1 saturated heterocycles. The Morgan fingerprint density at radius 2 is 2.00 bits per heavy atom. The zero-order valence-electron chi connectivity index (χ0n) is 17.9. The summed E-state index contributed by atoms with van der Waals surface area (Å²) in [6, 6.07) is 11.4. The fraction of sp³-hybridized carbons (Fsp3) is 0.545. The third kappa shape index (κ3) is 6.80. The van der Waals surface area contributed by atoms with Crippen LogP contribution in [0.5, 0.6) is 0 Å². The SMILES string of the molecule is CN=C(NCCCN1CCN(C)CC1c1ccccc1)NCCc1ncc(C)s1. The fourth-order valence-electron chi connectivity index (χ4n) is 3.73. The Morgan fingerprint density at radius 3 is 2.72 bits per heavy atom. The Labute approximate surface area is 179 Å². The standard InChI is InChI=1S/C22H34N6S/c1-18-16-26-21(29-18)10-12-25-22(23-2)24-11-7-13-28-15-14-27(3)17-20(28)19-8-5-4-6-9-19/h4-6,8-9,16,20H,7,10-15,17H2,1-3H3,(H2,23,24,25). The summed E-state index contributed by atoms with van der Waals surface area (Å²) in [4.78, 5) is 15.1. The average molecular weight is 415 g/mol. The first-order valence-electron chi connectivity index (χ1n) is 10.5. The van der Waals surface area contributed by atoms with Crippen molar-refractivity contribution >= 4 is 17.3 Å². The molecule has 1 atom stereocenters. The van der Waals surface area contributed by atoms with E-state index < -0.39 is 0 Å². The molecule has 0 amide bonds. The molecule has 0 bridgehead atoms. The lowest BCUT2D eigenvalue weighted by molar-refractivity contribution is 0.0891. The fourth-order valence-corrected chi connectivity index (χ4v) is 4.52. The summed E-state index contributed by atoms with van der Waals surface area (Å²) in [7, 11) is 4.05. The Hall–Kier alpha value is -1.96. The van der Waals surface area contributed by atoms with Crippen molar-refractivity contribution in [1.82, 2.24) is 25.4 Å². The van der Waals surface area contributed by atoms with E-state index in [1.165, 1.54) is 15.4 Å². The van der Waals surface area contributed by atoms with Crippen LogP contribution in [0.4, 0.5) is 0 Å². The molecule has 29 heavy (non-hydrogen) atoms. The Morgan fingerprint density at radius 1 is 1.21 bits per heavy atom. The van der Waals surface area contributed by atoms with Crippen molar-refractivity contribution in [3.63, 3.8) is 0 Å². The van der Waals surface area contributed by atoms with Crippen LogP contribution >= 0.6 is 11.3 Å². The summed E-state index contributed by atoms with van der Waals surface area (Å²) in [5, 5.41) is 8.01. The smallest absolute Gasteiger partial charge is 0.190 e. The topological polar surface area (TPSA) is 55.8 Å². The molecule has 1 aromatic carbocycles. The van der Waals surface area contributed by atoms with Crippen molar-refractivity contribution in [1.29, 1.82) is 0 Å². The highest BCUT2D eigenvalue weighted by atomic mass is 32.1.